The zero-order valence-electron chi connectivity index (χ0n) is 25.0. The van der Waals surface area contributed by atoms with Gasteiger partial charge in [-0.3, -0.25) is 9.59 Å². The van der Waals surface area contributed by atoms with Crippen LogP contribution in [0.2, 0.25) is 0 Å². The molecule has 0 heterocycles. The molecule has 0 aromatic heterocycles. The van der Waals surface area contributed by atoms with Gasteiger partial charge in [0.2, 0.25) is 11.8 Å². The molecule has 0 radical (unpaired) electrons. The molecule has 3 atom stereocenters. The molecule has 1 rings (SSSR count). The van der Waals surface area contributed by atoms with Gasteiger partial charge in [0.15, 0.2) is 11.5 Å². The van der Waals surface area contributed by atoms with Gasteiger partial charge in [-0.2, -0.15) is 0 Å². The summed E-state index contributed by atoms with van der Waals surface area (Å²) in [6.45, 7) is 13.5. The predicted molar refractivity (Wildman–Crippen MR) is 153 cm³/mol. The van der Waals surface area contributed by atoms with Crippen LogP contribution in [0.5, 0.6) is 11.5 Å². The molecule has 2 amide bonds. The number of ether oxygens (including phenoxy) is 3. The lowest BCUT2D eigenvalue weighted by atomic mass is 9.81. The SMILES string of the molecule is COCCCOc1cc(CC(CC(N)CCC(C(=O)NCC(C)(C)C(N)=O)C(C)C)C(C)C)ccc1OC. The number of rotatable bonds is 19. The number of primary amides is 1. The molecule has 0 saturated carbocycles. The summed E-state index contributed by atoms with van der Waals surface area (Å²) in [6.07, 6.45) is 4.03. The Morgan fingerprint density at radius 1 is 1.00 bits per heavy atom. The van der Waals surface area contributed by atoms with Crippen molar-refractivity contribution in [3.05, 3.63) is 23.8 Å². The van der Waals surface area contributed by atoms with E-state index in [0.717, 1.165) is 37.2 Å². The van der Waals surface area contributed by atoms with E-state index >= 15 is 0 Å². The quantitative estimate of drug-likeness (QED) is 0.227. The van der Waals surface area contributed by atoms with Crippen molar-refractivity contribution in [1.82, 2.24) is 5.32 Å². The molecule has 8 heteroatoms. The van der Waals surface area contributed by atoms with Gasteiger partial charge in [-0.05, 0) is 75.0 Å². The van der Waals surface area contributed by atoms with E-state index in [2.05, 4.69) is 31.3 Å². The number of methoxy groups -OCH3 is 2. The molecule has 5 N–H and O–H groups in total. The Morgan fingerprint density at radius 3 is 2.24 bits per heavy atom. The fourth-order valence-electron chi connectivity index (χ4n) is 4.43. The maximum Gasteiger partial charge on any atom is 0.224 e. The number of nitrogens with two attached hydrogens (primary N) is 2. The lowest BCUT2D eigenvalue weighted by Gasteiger charge is -2.27. The van der Waals surface area contributed by atoms with Gasteiger partial charge in [0.25, 0.3) is 0 Å². The van der Waals surface area contributed by atoms with Gasteiger partial charge in [0, 0.05) is 38.6 Å². The number of amides is 2. The van der Waals surface area contributed by atoms with Gasteiger partial charge in [-0.15, -0.1) is 0 Å². The van der Waals surface area contributed by atoms with Crippen molar-refractivity contribution in [1.29, 1.82) is 0 Å². The Kier molecular flexibility index (Phi) is 14.7. The van der Waals surface area contributed by atoms with Gasteiger partial charge in [-0.25, -0.2) is 0 Å². The second-order valence-corrected chi connectivity index (χ2v) is 11.8. The fraction of sp³-hybridized carbons (Fsp3) is 0.733. The highest BCUT2D eigenvalue weighted by molar-refractivity contribution is 5.82. The van der Waals surface area contributed by atoms with Crippen molar-refractivity contribution in [3.8, 4) is 11.5 Å². The summed E-state index contributed by atoms with van der Waals surface area (Å²) in [5, 5.41) is 2.93. The maximum atomic E-state index is 12.9. The van der Waals surface area contributed by atoms with E-state index in [-0.39, 0.29) is 30.3 Å². The highest BCUT2D eigenvalue weighted by Gasteiger charge is 2.29. The van der Waals surface area contributed by atoms with Gasteiger partial charge in [0.1, 0.15) is 0 Å². The van der Waals surface area contributed by atoms with Crippen LogP contribution >= 0.6 is 0 Å². The van der Waals surface area contributed by atoms with Crippen LogP contribution in [-0.4, -0.2) is 51.8 Å². The first-order valence-electron chi connectivity index (χ1n) is 13.9. The first kappa shape index (κ1) is 33.7. The Hall–Kier alpha value is -2.32. The normalized spacial score (nSPS) is 14.3. The zero-order valence-corrected chi connectivity index (χ0v) is 25.0. The number of benzene rings is 1. The molecule has 0 aliphatic carbocycles. The Morgan fingerprint density at radius 2 is 1.68 bits per heavy atom. The maximum absolute atomic E-state index is 12.9. The predicted octanol–water partition coefficient (Wildman–Crippen LogP) is 4.32. The summed E-state index contributed by atoms with van der Waals surface area (Å²) in [7, 11) is 3.33. The molecular formula is C30H53N3O5. The third-order valence-electron chi connectivity index (χ3n) is 7.39. The van der Waals surface area contributed by atoms with E-state index in [0.29, 0.717) is 31.5 Å². The molecule has 0 saturated heterocycles. The second kappa shape index (κ2) is 16.6. The molecule has 0 aliphatic rings. The second-order valence-electron chi connectivity index (χ2n) is 11.8. The summed E-state index contributed by atoms with van der Waals surface area (Å²) in [4.78, 5) is 24.5. The van der Waals surface area contributed by atoms with Crippen LogP contribution in [0.4, 0.5) is 0 Å². The van der Waals surface area contributed by atoms with Crippen molar-refractivity contribution < 1.29 is 23.8 Å². The Balaban J connectivity index is 2.77. The fourth-order valence-corrected chi connectivity index (χ4v) is 4.43. The molecule has 1 aromatic carbocycles. The average molecular weight is 536 g/mol. The van der Waals surface area contributed by atoms with Crippen molar-refractivity contribution in [3.63, 3.8) is 0 Å². The standard InChI is InChI=1S/C30H53N3O5/c1-20(2)23(16-22-10-13-26(37-8)27(17-22)38-15-9-14-36-7)18-24(31)11-12-25(21(3)4)28(34)33-19-30(5,6)29(32)35/h10,13,17,20-21,23-25H,9,11-12,14-16,18-19,31H2,1-8H3,(H2,32,35)(H,33,34). The lowest BCUT2D eigenvalue weighted by Crippen LogP contribution is -2.45. The molecule has 0 spiro atoms. The average Bonchev–Trinajstić information content (AvgIpc) is 2.85. The van der Waals surface area contributed by atoms with Crippen molar-refractivity contribution in [2.24, 2.45) is 40.6 Å². The number of hydrogen-bond acceptors (Lipinski definition) is 6. The molecule has 8 nitrogen and oxygen atoms in total. The molecule has 3 unspecified atom stereocenters. The monoisotopic (exact) mass is 535 g/mol. The minimum absolute atomic E-state index is 0.0125. The summed E-state index contributed by atoms with van der Waals surface area (Å²) in [5.74, 6) is 1.85. The van der Waals surface area contributed by atoms with Gasteiger partial charge in [-0.1, -0.05) is 33.8 Å². The van der Waals surface area contributed by atoms with Gasteiger partial charge < -0.3 is 31.0 Å². The van der Waals surface area contributed by atoms with Crippen molar-refractivity contribution >= 4 is 11.8 Å². The molecular weight excluding hydrogens is 482 g/mol. The van der Waals surface area contributed by atoms with Crippen LogP contribution in [0.1, 0.15) is 72.8 Å². The number of hydrogen-bond donors (Lipinski definition) is 3. The van der Waals surface area contributed by atoms with E-state index in [1.165, 1.54) is 5.56 Å². The van der Waals surface area contributed by atoms with Crippen LogP contribution in [0, 0.1) is 29.1 Å². The third-order valence-corrected chi connectivity index (χ3v) is 7.39. The molecule has 0 bridgehead atoms. The summed E-state index contributed by atoms with van der Waals surface area (Å²) in [6, 6.07) is 6.11. The van der Waals surface area contributed by atoms with Gasteiger partial charge in [0.05, 0.1) is 19.1 Å². The first-order chi connectivity index (χ1) is 17.8. The first-order valence-corrected chi connectivity index (χ1v) is 13.9. The molecule has 0 aliphatic heterocycles. The minimum Gasteiger partial charge on any atom is -0.493 e. The zero-order chi connectivity index (χ0) is 28.9. The number of carbonyl (C=O) groups is 2. The molecule has 1 aromatic rings. The summed E-state index contributed by atoms with van der Waals surface area (Å²) in [5.41, 5.74) is 12.5. The lowest BCUT2D eigenvalue weighted by molar-refractivity contribution is -0.129. The van der Waals surface area contributed by atoms with Crippen LogP contribution in [0.15, 0.2) is 18.2 Å². The smallest absolute Gasteiger partial charge is 0.224 e. The Labute approximate surface area is 230 Å². The minimum atomic E-state index is -0.783. The van der Waals surface area contributed by atoms with E-state index < -0.39 is 11.3 Å². The van der Waals surface area contributed by atoms with E-state index in [1.54, 1.807) is 28.1 Å². The van der Waals surface area contributed by atoms with E-state index in [4.69, 9.17) is 25.7 Å². The summed E-state index contributed by atoms with van der Waals surface area (Å²) < 4.78 is 16.6. The highest BCUT2D eigenvalue weighted by atomic mass is 16.5. The van der Waals surface area contributed by atoms with Crippen LogP contribution < -0.4 is 26.3 Å². The van der Waals surface area contributed by atoms with Crippen LogP contribution in [0.3, 0.4) is 0 Å². The number of nitrogens with one attached hydrogen (secondary N) is 1. The van der Waals surface area contributed by atoms with E-state index in [9.17, 15) is 9.59 Å². The Bertz CT molecular complexity index is 856. The van der Waals surface area contributed by atoms with Crippen molar-refractivity contribution in [2.45, 2.75) is 79.7 Å². The molecule has 218 valence electrons. The molecule has 0 fully saturated rings. The largest absolute Gasteiger partial charge is 0.493 e. The third kappa shape index (κ3) is 11.6. The van der Waals surface area contributed by atoms with Crippen molar-refractivity contribution in [2.75, 3.05) is 34.0 Å². The topological polar surface area (TPSA) is 126 Å². The highest BCUT2D eigenvalue weighted by Crippen LogP contribution is 2.31. The van der Waals surface area contributed by atoms with Gasteiger partial charge >= 0.3 is 0 Å². The number of carbonyl (C=O) groups excluding carboxylic acids is 2. The summed E-state index contributed by atoms with van der Waals surface area (Å²) >= 11 is 0. The van der Waals surface area contributed by atoms with Crippen LogP contribution in [-0.2, 0) is 20.7 Å². The van der Waals surface area contributed by atoms with E-state index in [1.807, 2.05) is 19.9 Å². The molecule has 38 heavy (non-hydrogen) atoms. The van der Waals surface area contributed by atoms with Crippen LogP contribution in [0.25, 0.3) is 0 Å².